The first kappa shape index (κ1) is 17.5. The minimum atomic E-state index is 0.307. The number of likely N-dealkylation sites (tertiary alicyclic amines) is 1. The highest BCUT2D eigenvalue weighted by atomic mass is 16.2. The first-order valence-corrected chi connectivity index (χ1v) is 9.98. The number of hydrogen-bond acceptors (Lipinski definition) is 2. The Balaban J connectivity index is 1.60. The quantitative estimate of drug-likeness (QED) is 0.819. The number of carbonyl (C=O) groups excluding carboxylic acids is 1. The van der Waals surface area contributed by atoms with Crippen LogP contribution in [0.4, 0.5) is 0 Å². The van der Waals surface area contributed by atoms with Crippen LogP contribution in [0.25, 0.3) is 0 Å². The molecule has 0 N–H and O–H groups in total. The molecule has 3 rings (SSSR count). The number of hydrogen-bond donors (Lipinski definition) is 0. The second kappa shape index (κ2) is 8.17. The van der Waals surface area contributed by atoms with E-state index in [-0.39, 0.29) is 0 Å². The van der Waals surface area contributed by atoms with Gasteiger partial charge in [-0.25, -0.2) is 4.98 Å². The van der Waals surface area contributed by atoms with Gasteiger partial charge in [-0.2, -0.15) is 0 Å². The monoisotopic (exact) mass is 331 g/mol. The van der Waals surface area contributed by atoms with Crippen LogP contribution < -0.4 is 0 Å². The normalized spacial score (nSPS) is 22.8. The number of carbonyl (C=O) groups is 1. The van der Waals surface area contributed by atoms with Crippen LogP contribution in [0.2, 0.25) is 0 Å². The van der Waals surface area contributed by atoms with Gasteiger partial charge in [-0.15, -0.1) is 0 Å². The van der Waals surface area contributed by atoms with Crippen molar-refractivity contribution in [3.63, 3.8) is 0 Å². The Morgan fingerprint density at radius 1 is 1.21 bits per heavy atom. The van der Waals surface area contributed by atoms with E-state index in [4.69, 9.17) is 0 Å². The van der Waals surface area contributed by atoms with E-state index in [2.05, 4.69) is 28.3 Å². The Bertz CT molecular complexity index is 545. The lowest BCUT2D eigenvalue weighted by Gasteiger charge is -2.36. The molecule has 1 saturated carbocycles. The first-order chi connectivity index (χ1) is 11.7. The molecule has 2 aliphatic rings. The molecule has 1 aliphatic heterocycles. The van der Waals surface area contributed by atoms with E-state index in [0.717, 1.165) is 51.7 Å². The molecular weight excluding hydrogens is 298 g/mol. The molecule has 1 aromatic heterocycles. The van der Waals surface area contributed by atoms with Crippen molar-refractivity contribution < 1.29 is 4.79 Å². The van der Waals surface area contributed by atoms with Gasteiger partial charge in [0.2, 0.25) is 5.91 Å². The topological polar surface area (TPSA) is 38.1 Å². The summed E-state index contributed by atoms with van der Waals surface area (Å²) in [6.45, 7) is 7.32. The summed E-state index contributed by atoms with van der Waals surface area (Å²) in [5.74, 6) is 2.53. The Hall–Kier alpha value is -1.32. The minimum Gasteiger partial charge on any atom is -0.342 e. The summed E-state index contributed by atoms with van der Waals surface area (Å²) < 4.78 is 2.36. The van der Waals surface area contributed by atoms with Crippen LogP contribution in [0.3, 0.4) is 0 Å². The van der Waals surface area contributed by atoms with E-state index in [0.29, 0.717) is 17.7 Å². The highest BCUT2D eigenvalue weighted by Crippen LogP contribution is 2.28. The minimum absolute atomic E-state index is 0.307. The molecule has 0 radical (unpaired) electrons. The van der Waals surface area contributed by atoms with Crippen molar-refractivity contribution in [2.24, 2.45) is 11.8 Å². The van der Waals surface area contributed by atoms with Crippen LogP contribution in [0.15, 0.2) is 6.20 Å². The van der Waals surface area contributed by atoms with E-state index >= 15 is 0 Å². The third-order valence-electron chi connectivity index (χ3n) is 5.84. The highest BCUT2D eigenvalue weighted by Gasteiger charge is 2.30. The van der Waals surface area contributed by atoms with Crippen molar-refractivity contribution in [2.45, 2.75) is 78.2 Å². The largest absolute Gasteiger partial charge is 0.342 e. The van der Waals surface area contributed by atoms with Crippen LogP contribution in [0, 0.1) is 18.8 Å². The van der Waals surface area contributed by atoms with Gasteiger partial charge >= 0.3 is 0 Å². The van der Waals surface area contributed by atoms with Crippen molar-refractivity contribution in [3.05, 3.63) is 17.7 Å². The van der Waals surface area contributed by atoms with E-state index in [1.165, 1.54) is 37.2 Å². The molecule has 0 spiro atoms. The maximum atomic E-state index is 12.8. The molecule has 1 amide bonds. The fourth-order valence-electron chi connectivity index (χ4n) is 4.50. The van der Waals surface area contributed by atoms with Gasteiger partial charge < -0.3 is 9.47 Å². The van der Waals surface area contributed by atoms with E-state index in [1.54, 1.807) is 0 Å². The third kappa shape index (κ3) is 4.01. The van der Waals surface area contributed by atoms with Crippen molar-refractivity contribution in [1.29, 1.82) is 0 Å². The molecule has 0 bridgehead atoms. The van der Waals surface area contributed by atoms with Crippen LogP contribution in [-0.4, -0.2) is 33.4 Å². The number of imidazole rings is 1. The summed E-state index contributed by atoms with van der Waals surface area (Å²) in [6, 6.07) is 0. The third-order valence-corrected chi connectivity index (χ3v) is 5.84. The van der Waals surface area contributed by atoms with Crippen molar-refractivity contribution in [2.75, 3.05) is 13.1 Å². The molecular formula is C20H33N3O. The molecule has 2 fully saturated rings. The second-order valence-corrected chi connectivity index (χ2v) is 7.80. The summed E-state index contributed by atoms with van der Waals surface area (Å²) in [5.41, 5.74) is 1.26. The summed E-state index contributed by atoms with van der Waals surface area (Å²) in [5, 5.41) is 0. The van der Waals surface area contributed by atoms with Gasteiger partial charge in [0.25, 0.3) is 0 Å². The lowest BCUT2D eigenvalue weighted by molar-refractivity contribution is -0.138. The summed E-state index contributed by atoms with van der Waals surface area (Å²) in [7, 11) is 0. The first-order valence-electron chi connectivity index (χ1n) is 9.98. The molecule has 1 atom stereocenters. The predicted octanol–water partition coefficient (Wildman–Crippen LogP) is 3.96. The fraction of sp³-hybridized carbons (Fsp3) is 0.800. The zero-order valence-electron chi connectivity index (χ0n) is 15.5. The number of aryl methyl sites for hydroxylation is 1. The molecule has 4 heteroatoms. The number of rotatable bonds is 5. The molecule has 2 heterocycles. The number of aromatic nitrogens is 2. The van der Waals surface area contributed by atoms with Crippen molar-refractivity contribution >= 4 is 5.91 Å². The second-order valence-electron chi connectivity index (χ2n) is 7.80. The van der Waals surface area contributed by atoms with Crippen molar-refractivity contribution in [1.82, 2.24) is 14.5 Å². The Kier molecular flexibility index (Phi) is 5.96. The predicted molar refractivity (Wildman–Crippen MR) is 96.8 cm³/mol. The summed E-state index contributed by atoms with van der Waals surface area (Å²) >= 11 is 0. The Morgan fingerprint density at radius 2 is 2.00 bits per heavy atom. The van der Waals surface area contributed by atoms with Crippen LogP contribution in [0.5, 0.6) is 0 Å². The average molecular weight is 332 g/mol. The standard InChI is InChI=1S/C20H33N3O/c1-3-11-23-16(2)14-21-19(23)13-17-8-7-12-22(15-17)20(24)18-9-5-4-6-10-18/h14,17-18H,3-13,15H2,1-2H3. The molecule has 4 nitrogen and oxygen atoms in total. The smallest absolute Gasteiger partial charge is 0.225 e. The highest BCUT2D eigenvalue weighted by molar-refractivity contribution is 5.79. The van der Waals surface area contributed by atoms with Crippen LogP contribution >= 0.6 is 0 Å². The van der Waals surface area contributed by atoms with Gasteiger partial charge in [-0.1, -0.05) is 26.2 Å². The Labute approximate surface area is 146 Å². The molecule has 24 heavy (non-hydrogen) atoms. The lowest BCUT2D eigenvalue weighted by atomic mass is 9.86. The fourth-order valence-corrected chi connectivity index (χ4v) is 4.50. The van der Waals surface area contributed by atoms with Crippen LogP contribution in [0.1, 0.15) is 69.8 Å². The van der Waals surface area contributed by atoms with E-state index < -0.39 is 0 Å². The Morgan fingerprint density at radius 3 is 2.75 bits per heavy atom. The molecule has 134 valence electrons. The van der Waals surface area contributed by atoms with E-state index in [9.17, 15) is 4.79 Å². The number of nitrogens with zero attached hydrogens (tertiary/aromatic N) is 3. The maximum Gasteiger partial charge on any atom is 0.225 e. The van der Waals surface area contributed by atoms with Crippen LogP contribution in [-0.2, 0) is 17.8 Å². The number of piperidine rings is 1. The molecule has 1 aliphatic carbocycles. The molecule has 0 aromatic carbocycles. The van der Waals surface area contributed by atoms with Crippen molar-refractivity contribution in [3.8, 4) is 0 Å². The number of amides is 1. The molecule has 1 saturated heterocycles. The van der Waals surface area contributed by atoms with Gasteiger partial charge in [0, 0.05) is 43.9 Å². The van der Waals surface area contributed by atoms with Gasteiger partial charge in [-0.05, 0) is 44.9 Å². The maximum absolute atomic E-state index is 12.8. The lowest BCUT2D eigenvalue weighted by Crippen LogP contribution is -2.44. The van der Waals surface area contributed by atoms with Gasteiger partial charge in [0.1, 0.15) is 5.82 Å². The average Bonchev–Trinajstić information content (AvgIpc) is 2.96. The van der Waals surface area contributed by atoms with Gasteiger partial charge in [0.05, 0.1) is 0 Å². The zero-order valence-corrected chi connectivity index (χ0v) is 15.5. The van der Waals surface area contributed by atoms with E-state index in [1.807, 2.05) is 6.20 Å². The van der Waals surface area contributed by atoms with Gasteiger partial charge in [-0.3, -0.25) is 4.79 Å². The SMILES string of the molecule is CCCn1c(C)cnc1CC1CCCN(C(=O)C2CCCCC2)C1. The van der Waals surface area contributed by atoms with Gasteiger partial charge in [0.15, 0.2) is 0 Å². The molecule has 1 aromatic rings. The summed E-state index contributed by atoms with van der Waals surface area (Å²) in [4.78, 5) is 19.6. The summed E-state index contributed by atoms with van der Waals surface area (Å²) in [6.07, 6.45) is 12.5. The molecule has 1 unspecified atom stereocenters. The zero-order chi connectivity index (χ0) is 16.9.